The molecule has 0 amide bonds. The highest BCUT2D eigenvalue weighted by Gasteiger charge is 2.11. The summed E-state index contributed by atoms with van der Waals surface area (Å²) in [6, 6.07) is 4.09. The van der Waals surface area contributed by atoms with E-state index in [1.165, 1.54) is 12.1 Å². The minimum atomic E-state index is -0.956. The molecule has 0 aliphatic carbocycles. The van der Waals surface area contributed by atoms with E-state index >= 15 is 0 Å². The van der Waals surface area contributed by atoms with Crippen LogP contribution in [-0.2, 0) is 0 Å². The lowest BCUT2D eigenvalue weighted by Crippen LogP contribution is -1.99. The van der Waals surface area contributed by atoms with Crippen LogP contribution >= 0.6 is 11.6 Å². The predicted molar refractivity (Wildman–Crippen MR) is 49.8 cm³/mol. The summed E-state index contributed by atoms with van der Waals surface area (Å²) in [5.41, 5.74) is 0.183. The Morgan fingerprint density at radius 1 is 1.62 bits per heavy atom. The van der Waals surface area contributed by atoms with Crippen molar-refractivity contribution in [1.82, 2.24) is 0 Å². The van der Waals surface area contributed by atoms with Crippen molar-refractivity contribution in [2.24, 2.45) is 0 Å². The van der Waals surface area contributed by atoms with E-state index in [9.17, 15) is 9.50 Å². The van der Waals surface area contributed by atoms with Crippen molar-refractivity contribution in [3.63, 3.8) is 0 Å². The number of halogens is 2. The largest absolute Gasteiger partial charge is 0.387 e. The van der Waals surface area contributed by atoms with E-state index < -0.39 is 11.9 Å². The molecule has 3 heteroatoms. The fourth-order valence-electron chi connectivity index (χ4n) is 0.993. The van der Waals surface area contributed by atoms with E-state index in [0.29, 0.717) is 5.02 Å². The second-order valence-electron chi connectivity index (χ2n) is 2.59. The zero-order valence-corrected chi connectivity index (χ0v) is 7.55. The minimum absolute atomic E-state index is 0.0958. The third kappa shape index (κ3) is 2.45. The summed E-state index contributed by atoms with van der Waals surface area (Å²) in [6.45, 7) is 0. The van der Waals surface area contributed by atoms with Gasteiger partial charge < -0.3 is 5.11 Å². The normalized spacial score (nSPS) is 12.2. The van der Waals surface area contributed by atoms with Crippen molar-refractivity contribution in [2.45, 2.75) is 12.5 Å². The van der Waals surface area contributed by atoms with Crippen LogP contribution in [0.25, 0.3) is 0 Å². The van der Waals surface area contributed by atoms with Gasteiger partial charge >= 0.3 is 0 Å². The lowest BCUT2D eigenvalue weighted by molar-refractivity contribution is 0.179. The first-order valence-electron chi connectivity index (χ1n) is 3.71. The lowest BCUT2D eigenvalue weighted by atomic mass is 10.1. The zero-order valence-electron chi connectivity index (χ0n) is 6.80. The summed E-state index contributed by atoms with van der Waals surface area (Å²) in [4.78, 5) is 0. The molecule has 1 nitrogen and oxygen atoms in total. The molecule has 1 aromatic rings. The maximum Gasteiger partial charge on any atom is 0.130 e. The van der Waals surface area contributed by atoms with Gasteiger partial charge in [0, 0.05) is 17.0 Å². The molecule has 1 aromatic carbocycles. The van der Waals surface area contributed by atoms with Gasteiger partial charge in [0.05, 0.1) is 6.10 Å². The van der Waals surface area contributed by atoms with E-state index in [1.807, 2.05) is 0 Å². The Balaban J connectivity index is 2.96. The minimum Gasteiger partial charge on any atom is -0.387 e. The van der Waals surface area contributed by atoms with E-state index in [4.69, 9.17) is 18.0 Å². The fourth-order valence-corrected chi connectivity index (χ4v) is 1.15. The van der Waals surface area contributed by atoms with Crippen LogP contribution in [0, 0.1) is 18.2 Å². The quantitative estimate of drug-likeness (QED) is 0.725. The van der Waals surface area contributed by atoms with Gasteiger partial charge in [0.2, 0.25) is 0 Å². The van der Waals surface area contributed by atoms with E-state index in [2.05, 4.69) is 5.92 Å². The highest BCUT2D eigenvalue weighted by atomic mass is 35.5. The molecule has 1 atom stereocenters. The molecule has 1 rings (SSSR count). The van der Waals surface area contributed by atoms with Crippen molar-refractivity contribution < 1.29 is 9.50 Å². The van der Waals surface area contributed by atoms with E-state index in [-0.39, 0.29) is 12.0 Å². The van der Waals surface area contributed by atoms with Crippen LogP contribution in [-0.4, -0.2) is 5.11 Å². The summed E-state index contributed by atoms with van der Waals surface area (Å²) < 4.78 is 13.1. The van der Waals surface area contributed by atoms with Crippen molar-refractivity contribution in [3.8, 4) is 12.3 Å². The first kappa shape index (κ1) is 10.0. The number of aliphatic hydroxyl groups excluding tert-OH is 1. The third-order valence-corrected chi connectivity index (χ3v) is 1.87. The molecule has 1 N–H and O–H groups in total. The first-order chi connectivity index (χ1) is 6.15. The molecule has 0 aromatic heterocycles. The Morgan fingerprint density at radius 2 is 2.31 bits per heavy atom. The zero-order chi connectivity index (χ0) is 9.84. The Kier molecular flexibility index (Phi) is 3.30. The van der Waals surface area contributed by atoms with Crippen LogP contribution in [0.4, 0.5) is 4.39 Å². The van der Waals surface area contributed by atoms with Gasteiger partial charge in [-0.05, 0) is 12.1 Å². The maximum absolute atomic E-state index is 13.1. The Bertz CT molecular complexity index is 343. The summed E-state index contributed by atoms with van der Waals surface area (Å²) in [7, 11) is 0. The highest BCUT2D eigenvalue weighted by Crippen LogP contribution is 2.22. The monoisotopic (exact) mass is 198 g/mol. The summed E-state index contributed by atoms with van der Waals surface area (Å²) in [6.07, 6.45) is 4.13. The third-order valence-electron chi connectivity index (χ3n) is 1.63. The van der Waals surface area contributed by atoms with Gasteiger partial charge in [-0.2, -0.15) is 0 Å². The molecule has 68 valence electrons. The van der Waals surface area contributed by atoms with Crippen LogP contribution in [0.3, 0.4) is 0 Å². The molecular formula is C10H8ClFO. The number of benzene rings is 1. The van der Waals surface area contributed by atoms with Gasteiger partial charge in [0.15, 0.2) is 0 Å². The van der Waals surface area contributed by atoms with Crippen LogP contribution in [0.2, 0.25) is 5.02 Å². The van der Waals surface area contributed by atoms with Crippen LogP contribution in [0.1, 0.15) is 18.1 Å². The molecule has 1 unspecified atom stereocenters. The van der Waals surface area contributed by atoms with Crippen molar-refractivity contribution in [2.75, 3.05) is 0 Å². The summed E-state index contributed by atoms with van der Waals surface area (Å²) in [5.74, 6) is 1.73. The molecule has 13 heavy (non-hydrogen) atoms. The molecule has 0 aliphatic rings. The molecule has 0 saturated heterocycles. The smallest absolute Gasteiger partial charge is 0.130 e. The Labute approximate surface area is 81.2 Å². The van der Waals surface area contributed by atoms with Crippen molar-refractivity contribution in [3.05, 3.63) is 34.6 Å². The SMILES string of the molecule is C#CCC(O)c1ccc(Cl)cc1F. The second kappa shape index (κ2) is 4.27. The molecule has 0 spiro atoms. The number of hydrogen-bond acceptors (Lipinski definition) is 1. The van der Waals surface area contributed by atoms with Gasteiger partial charge in [-0.3, -0.25) is 0 Å². The predicted octanol–water partition coefficient (Wildman–Crippen LogP) is 2.54. The lowest BCUT2D eigenvalue weighted by Gasteiger charge is -2.08. The molecule has 0 fully saturated rings. The highest BCUT2D eigenvalue weighted by molar-refractivity contribution is 6.30. The van der Waals surface area contributed by atoms with Crippen LogP contribution < -0.4 is 0 Å². The molecule has 0 bridgehead atoms. The Hall–Kier alpha value is -1.04. The number of rotatable bonds is 2. The molecule has 0 saturated carbocycles. The maximum atomic E-state index is 13.1. The molecule has 0 radical (unpaired) electrons. The molecular weight excluding hydrogens is 191 g/mol. The van der Waals surface area contributed by atoms with E-state index in [1.54, 1.807) is 0 Å². The van der Waals surface area contributed by atoms with Gasteiger partial charge in [0.1, 0.15) is 5.82 Å². The average Bonchev–Trinajstić information content (AvgIpc) is 2.04. The first-order valence-corrected chi connectivity index (χ1v) is 4.09. The van der Waals surface area contributed by atoms with Crippen molar-refractivity contribution in [1.29, 1.82) is 0 Å². The summed E-state index contributed by atoms with van der Waals surface area (Å²) in [5, 5.41) is 9.67. The summed E-state index contributed by atoms with van der Waals surface area (Å²) >= 11 is 5.54. The van der Waals surface area contributed by atoms with Gasteiger partial charge in [-0.15, -0.1) is 12.3 Å². The van der Waals surface area contributed by atoms with Gasteiger partial charge in [-0.25, -0.2) is 4.39 Å². The number of aliphatic hydroxyl groups is 1. The van der Waals surface area contributed by atoms with Gasteiger partial charge in [0.25, 0.3) is 0 Å². The van der Waals surface area contributed by atoms with Crippen molar-refractivity contribution >= 4 is 11.6 Å². The van der Waals surface area contributed by atoms with Crippen LogP contribution in [0.5, 0.6) is 0 Å². The second-order valence-corrected chi connectivity index (χ2v) is 3.03. The Morgan fingerprint density at radius 3 is 2.85 bits per heavy atom. The van der Waals surface area contributed by atoms with E-state index in [0.717, 1.165) is 6.07 Å². The average molecular weight is 199 g/mol. The number of terminal acetylenes is 1. The van der Waals surface area contributed by atoms with Gasteiger partial charge in [-0.1, -0.05) is 17.7 Å². The fraction of sp³-hybridized carbons (Fsp3) is 0.200. The topological polar surface area (TPSA) is 20.2 Å². The standard InChI is InChI=1S/C10H8ClFO/c1-2-3-10(13)8-5-4-7(11)6-9(8)12/h1,4-6,10,13H,3H2. The molecule has 0 aliphatic heterocycles. The van der Waals surface area contributed by atoms with Crippen LogP contribution in [0.15, 0.2) is 18.2 Å². The molecule has 0 heterocycles. The number of hydrogen-bond donors (Lipinski definition) is 1.